The van der Waals surface area contributed by atoms with E-state index in [0.29, 0.717) is 18.7 Å². The number of carboxylic acids is 1. The Morgan fingerprint density at radius 3 is 2.48 bits per heavy atom. The van der Waals surface area contributed by atoms with E-state index in [1.165, 1.54) is 17.0 Å². The first-order valence-corrected chi connectivity index (χ1v) is 7.04. The van der Waals surface area contributed by atoms with Crippen molar-refractivity contribution >= 4 is 17.8 Å². The number of carbonyl (C=O) groups is 3. The van der Waals surface area contributed by atoms with Crippen LogP contribution < -0.4 is 5.32 Å². The summed E-state index contributed by atoms with van der Waals surface area (Å²) >= 11 is 0. The second-order valence-corrected chi connectivity index (χ2v) is 5.07. The zero-order chi connectivity index (χ0) is 16.4. The summed E-state index contributed by atoms with van der Waals surface area (Å²) in [4.78, 5) is 37.1. The molecule has 1 aliphatic heterocycles. The van der Waals surface area contributed by atoms with Crippen LogP contribution in [0.2, 0.25) is 0 Å². The summed E-state index contributed by atoms with van der Waals surface area (Å²) in [6, 6.07) is 10.7. The number of hydrogen-bond donors (Lipinski definition) is 2. The van der Waals surface area contributed by atoms with E-state index in [1.807, 2.05) is 6.07 Å². The van der Waals surface area contributed by atoms with Gasteiger partial charge in [-0.2, -0.15) is 0 Å². The maximum absolute atomic E-state index is 12.6. The predicted octanol–water partition coefficient (Wildman–Crippen LogP) is 1.29. The zero-order valence-corrected chi connectivity index (χ0v) is 12.1. The van der Waals surface area contributed by atoms with Crippen molar-refractivity contribution in [1.29, 1.82) is 0 Å². The fourth-order valence-electron chi connectivity index (χ4n) is 2.56. The molecule has 2 amide bonds. The third-order valence-corrected chi connectivity index (χ3v) is 3.62. The summed E-state index contributed by atoms with van der Waals surface area (Å²) in [6.45, 7) is 0.646. The van der Waals surface area contributed by atoms with Crippen molar-refractivity contribution < 1.29 is 23.9 Å². The van der Waals surface area contributed by atoms with Crippen LogP contribution in [0.4, 0.5) is 0 Å². The Morgan fingerprint density at radius 1 is 1.13 bits per heavy atom. The lowest BCUT2D eigenvalue weighted by Gasteiger charge is -2.34. The Morgan fingerprint density at radius 2 is 1.83 bits per heavy atom. The number of aromatic carboxylic acids is 1. The van der Waals surface area contributed by atoms with E-state index in [2.05, 4.69) is 5.32 Å². The lowest BCUT2D eigenvalue weighted by Crippen LogP contribution is -2.52. The van der Waals surface area contributed by atoms with Gasteiger partial charge in [0.15, 0.2) is 5.76 Å². The first-order valence-electron chi connectivity index (χ1n) is 7.04. The summed E-state index contributed by atoms with van der Waals surface area (Å²) in [5.41, 5.74) is 0.683. The molecule has 0 saturated carbocycles. The average molecular weight is 314 g/mol. The molecule has 0 aliphatic carbocycles. The van der Waals surface area contributed by atoms with Crippen LogP contribution in [0.1, 0.15) is 32.7 Å². The van der Waals surface area contributed by atoms with Crippen molar-refractivity contribution in [3.8, 4) is 0 Å². The predicted molar refractivity (Wildman–Crippen MR) is 78.9 cm³/mol. The van der Waals surface area contributed by atoms with Crippen molar-refractivity contribution in [2.75, 3.05) is 13.1 Å². The number of rotatable bonds is 3. The van der Waals surface area contributed by atoms with Gasteiger partial charge in [-0.1, -0.05) is 30.3 Å². The van der Waals surface area contributed by atoms with Crippen molar-refractivity contribution in [3.63, 3.8) is 0 Å². The van der Waals surface area contributed by atoms with Gasteiger partial charge in [0, 0.05) is 13.1 Å². The maximum Gasteiger partial charge on any atom is 0.371 e. The Kier molecular flexibility index (Phi) is 3.84. The first kappa shape index (κ1) is 14.8. The normalized spacial score (nSPS) is 17.7. The monoisotopic (exact) mass is 314 g/mol. The molecule has 0 radical (unpaired) electrons. The van der Waals surface area contributed by atoms with Gasteiger partial charge in [0.1, 0.15) is 6.04 Å². The van der Waals surface area contributed by atoms with Crippen LogP contribution in [-0.4, -0.2) is 40.9 Å². The van der Waals surface area contributed by atoms with E-state index >= 15 is 0 Å². The molecule has 1 aliphatic rings. The number of nitrogens with one attached hydrogen (secondary N) is 1. The number of hydrogen-bond acceptors (Lipinski definition) is 4. The molecule has 1 fully saturated rings. The van der Waals surface area contributed by atoms with Crippen LogP contribution in [0.3, 0.4) is 0 Å². The SMILES string of the molecule is O=C(O)c1ccc(C(=O)N2CCNC(=O)C2c2ccccc2)o1. The molecule has 0 bridgehead atoms. The van der Waals surface area contributed by atoms with Gasteiger partial charge in [-0.25, -0.2) is 4.79 Å². The minimum atomic E-state index is -1.25. The molecular formula is C16H14N2O5. The van der Waals surface area contributed by atoms with Crippen molar-refractivity contribution in [2.24, 2.45) is 0 Å². The molecule has 2 N–H and O–H groups in total. The Bertz CT molecular complexity index is 753. The quantitative estimate of drug-likeness (QED) is 0.889. The molecule has 7 heteroatoms. The van der Waals surface area contributed by atoms with Gasteiger partial charge in [-0.15, -0.1) is 0 Å². The number of piperazine rings is 1. The van der Waals surface area contributed by atoms with Crippen LogP contribution in [0.25, 0.3) is 0 Å². The minimum absolute atomic E-state index is 0.0990. The number of nitrogens with zero attached hydrogens (tertiary/aromatic N) is 1. The Hall–Kier alpha value is -3.09. The number of amides is 2. The summed E-state index contributed by atoms with van der Waals surface area (Å²) in [5.74, 6) is -2.45. The third kappa shape index (κ3) is 2.80. The largest absolute Gasteiger partial charge is 0.475 e. The number of benzene rings is 1. The first-order chi connectivity index (χ1) is 11.1. The molecular weight excluding hydrogens is 300 g/mol. The zero-order valence-electron chi connectivity index (χ0n) is 12.1. The summed E-state index contributed by atoms with van der Waals surface area (Å²) in [5, 5.41) is 11.6. The Labute approximate surface area is 131 Å². The lowest BCUT2D eigenvalue weighted by molar-refractivity contribution is -0.128. The standard InChI is InChI=1S/C16H14N2O5/c19-14-13(10-4-2-1-3-5-10)18(9-8-17-14)15(20)11-6-7-12(23-11)16(21)22/h1-7,13H,8-9H2,(H,17,19)(H,21,22). The maximum atomic E-state index is 12.6. The van der Waals surface area contributed by atoms with E-state index in [1.54, 1.807) is 24.3 Å². The highest BCUT2D eigenvalue weighted by molar-refractivity contribution is 5.97. The topological polar surface area (TPSA) is 99.9 Å². The van der Waals surface area contributed by atoms with Crippen LogP contribution >= 0.6 is 0 Å². The van der Waals surface area contributed by atoms with Crippen LogP contribution in [0.15, 0.2) is 46.9 Å². The van der Waals surface area contributed by atoms with Crippen LogP contribution in [0, 0.1) is 0 Å². The molecule has 1 atom stereocenters. The highest BCUT2D eigenvalue weighted by atomic mass is 16.4. The molecule has 1 unspecified atom stereocenters. The highest BCUT2D eigenvalue weighted by Gasteiger charge is 2.36. The summed E-state index contributed by atoms with van der Waals surface area (Å²) in [6.07, 6.45) is 0. The Balaban J connectivity index is 1.93. The van der Waals surface area contributed by atoms with E-state index < -0.39 is 17.9 Å². The van der Waals surface area contributed by atoms with Gasteiger partial charge >= 0.3 is 5.97 Å². The van der Waals surface area contributed by atoms with E-state index in [-0.39, 0.29) is 17.4 Å². The van der Waals surface area contributed by atoms with Gasteiger partial charge in [-0.05, 0) is 17.7 Å². The smallest absolute Gasteiger partial charge is 0.371 e. The molecule has 0 spiro atoms. The van der Waals surface area contributed by atoms with Gasteiger partial charge in [0.2, 0.25) is 11.7 Å². The average Bonchev–Trinajstić information content (AvgIpc) is 3.05. The van der Waals surface area contributed by atoms with Crippen molar-refractivity contribution in [3.05, 3.63) is 59.5 Å². The number of furan rings is 1. The minimum Gasteiger partial charge on any atom is -0.475 e. The van der Waals surface area contributed by atoms with Gasteiger partial charge in [0.25, 0.3) is 5.91 Å². The van der Waals surface area contributed by atoms with E-state index in [9.17, 15) is 14.4 Å². The van der Waals surface area contributed by atoms with Crippen LogP contribution in [0.5, 0.6) is 0 Å². The van der Waals surface area contributed by atoms with Gasteiger partial charge < -0.3 is 19.7 Å². The van der Waals surface area contributed by atoms with Gasteiger partial charge in [-0.3, -0.25) is 9.59 Å². The molecule has 2 aromatic rings. The molecule has 23 heavy (non-hydrogen) atoms. The van der Waals surface area contributed by atoms with E-state index in [0.717, 1.165) is 0 Å². The molecule has 1 saturated heterocycles. The fourth-order valence-corrected chi connectivity index (χ4v) is 2.56. The second kappa shape index (κ2) is 5.96. The molecule has 1 aromatic heterocycles. The number of carboxylic acid groups (broad SMARTS) is 1. The summed E-state index contributed by atoms with van der Waals surface area (Å²) < 4.78 is 5.06. The third-order valence-electron chi connectivity index (χ3n) is 3.62. The second-order valence-electron chi connectivity index (χ2n) is 5.07. The number of carbonyl (C=O) groups excluding carboxylic acids is 2. The fraction of sp³-hybridized carbons (Fsp3) is 0.188. The molecule has 3 rings (SSSR count). The molecule has 2 heterocycles. The van der Waals surface area contributed by atoms with Crippen molar-refractivity contribution in [1.82, 2.24) is 10.2 Å². The summed E-state index contributed by atoms with van der Waals surface area (Å²) in [7, 11) is 0. The molecule has 1 aromatic carbocycles. The lowest BCUT2D eigenvalue weighted by atomic mass is 10.0. The highest BCUT2D eigenvalue weighted by Crippen LogP contribution is 2.25. The van der Waals surface area contributed by atoms with Gasteiger partial charge in [0.05, 0.1) is 0 Å². The van der Waals surface area contributed by atoms with Crippen molar-refractivity contribution in [2.45, 2.75) is 6.04 Å². The molecule has 7 nitrogen and oxygen atoms in total. The van der Waals surface area contributed by atoms with Crippen LogP contribution in [-0.2, 0) is 4.79 Å². The van der Waals surface area contributed by atoms with E-state index in [4.69, 9.17) is 9.52 Å². The molecule has 118 valence electrons.